The van der Waals surface area contributed by atoms with Crippen molar-refractivity contribution < 1.29 is 4.79 Å². The van der Waals surface area contributed by atoms with Gasteiger partial charge in [0.25, 0.3) is 5.91 Å². The second-order valence-corrected chi connectivity index (χ2v) is 7.14. The van der Waals surface area contributed by atoms with Gasteiger partial charge in [0.2, 0.25) is 0 Å². The van der Waals surface area contributed by atoms with Crippen molar-refractivity contribution in [1.82, 2.24) is 24.8 Å². The van der Waals surface area contributed by atoms with Crippen LogP contribution in [-0.4, -0.2) is 43.8 Å². The number of nitrogens with one attached hydrogen (secondary N) is 1. The number of H-pyrrole nitrogens is 1. The average Bonchev–Trinajstić information content (AvgIpc) is 3.06. The molecule has 4 rings (SSSR count). The molecule has 6 nitrogen and oxygen atoms in total. The zero-order valence-electron chi connectivity index (χ0n) is 15.6. The SMILES string of the molecule is Cc1cc(C(=O)N2CCCC(c3ncncc3-c3ccncc3)C2)c(C)[nH]1. The van der Waals surface area contributed by atoms with Crippen LogP contribution in [0.2, 0.25) is 0 Å². The Labute approximate surface area is 158 Å². The van der Waals surface area contributed by atoms with Crippen molar-refractivity contribution in [3.63, 3.8) is 0 Å². The monoisotopic (exact) mass is 361 g/mol. The van der Waals surface area contributed by atoms with Crippen molar-refractivity contribution in [3.05, 3.63) is 65.8 Å². The molecular weight excluding hydrogens is 338 g/mol. The number of pyridine rings is 1. The third kappa shape index (κ3) is 3.47. The number of piperidine rings is 1. The predicted molar refractivity (Wildman–Crippen MR) is 103 cm³/mol. The summed E-state index contributed by atoms with van der Waals surface area (Å²) in [6, 6.07) is 5.88. The molecule has 0 spiro atoms. The molecule has 4 heterocycles. The summed E-state index contributed by atoms with van der Waals surface area (Å²) in [5.74, 6) is 0.301. The first-order chi connectivity index (χ1) is 13.1. The van der Waals surface area contributed by atoms with Gasteiger partial charge in [0, 0.05) is 54.5 Å². The summed E-state index contributed by atoms with van der Waals surface area (Å²) in [4.78, 5) is 31.1. The number of amides is 1. The lowest BCUT2D eigenvalue weighted by atomic mass is 9.90. The van der Waals surface area contributed by atoms with Crippen LogP contribution in [0, 0.1) is 13.8 Å². The lowest BCUT2D eigenvalue weighted by Crippen LogP contribution is -2.39. The van der Waals surface area contributed by atoms with Crippen LogP contribution in [0.1, 0.15) is 46.2 Å². The first-order valence-electron chi connectivity index (χ1n) is 9.29. The van der Waals surface area contributed by atoms with Gasteiger partial charge in [-0.1, -0.05) is 0 Å². The van der Waals surface area contributed by atoms with Gasteiger partial charge in [-0.25, -0.2) is 9.97 Å². The van der Waals surface area contributed by atoms with Crippen LogP contribution in [-0.2, 0) is 0 Å². The van der Waals surface area contributed by atoms with E-state index in [0.29, 0.717) is 6.54 Å². The molecule has 1 atom stereocenters. The summed E-state index contributed by atoms with van der Waals surface area (Å²) >= 11 is 0. The first kappa shape index (κ1) is 17.4. The summed E-state index contributed by atoms with van der Waals surface area (Å²) in [5, 5.41) is 0. The minimum Gasteiger partial charge on any atom is -0.362 e. The second-order valence-electron chi connectivity index (χ2n) is 7.14. The maximum atomic E-state index is 13.0. The zero-order chi connectivity index (χ0) is 18.8. The van der Waals surface area contributed by atoms with E-state index in [-0.39, 0.29) is 11.8 Å². The molecule has 1 fully saturated rings. The minimum absolute atomic E-state index is 0.0982. The van der Waals surface area contributed by atoms with Gasteiger partial charge in [-0.15, -0.1) is 0 Å². The third-order valence-corrected chi connectivity index (χ3v) is 5.21. The first-order valence-corrected chi connectivity index (χ1v) is 9.29. The van der Waals surface area contributed by atoms with E-state index in [4.69, 9.17) is 0 Å². The average molecular weight is 361 g/mol. The summed E-state index contributed by atoms with van der Waals surface area (Å²) in [7, 11) is 0. The lowest BCUT2D eigenvalue weighted by Gasteiger charge is -2.33. The Morgan fingerprint density at radius 3 is 2.78 bits per heavy atom. The van der Waals surface area contributed by atoms with E-state index in [0.717, 1.165) is 53.2 Å². The van der Waals surface area contributed by atoms with Gasteiger partial charge < -0.3 is 9.88 Å². The quantitative estimate of drug-likeness (QED) is 0.775. The van der Waals surface area contributed by atoms with Crippen LogP contribution >= 0.6 is 0 Å². The second kappa shape index (κ2) is 7.31. The highest BCUT2D eigenvalue weighted by Crippen LogP contribution is 2.33. The maximum absolute atomic E-state index is 13.0. The Balaban J connectivity index is 1.61. The molecule has 1 aliphatic rings. The fourth-order valence-corrected chi connectivity index (χ4v) is 3.92. The Morgan fingerprint density at radius 2 is 2.04 bits per heavy atom. The molecule has 1 unspecified atom stereocenters. The number of aromatic amines is 1. The summed E-state index contributed by atoms with van der Waals surface area (Å²) in [6.45, 7) is 5.39. The van der Waals surface area contributed by atoms with Gasteiger partial charge in [0.15, 0.2) is 0 Å². The number of rotatable bonds is 3. The van der Waals surface area contributed by atoms with Crippen molar-refractivity contribution in [2.24, 2.45) is 0 Å². The van der Waals surface area contributed by atoms with Crippen LogP contribution in [0.4, 0.5) is 0 Å². The van der Waals surface area contributed by atoms with E-state index in [1.807, 2.05) is 43.1 Å². The molecule has 1 aliphatic heterocycles. The van der Waals surface area contributed by atoms with Gasteiger partial charge >= 0.3 is 0 Å². The largest absolute Gasteiger partial charge is 0.362 e. The summed E-state index contributed by atoms with van der Waals surface area (Å²) < 4.78 is 0. The number of carbonyl (C=O) groups is 1. The van der Waals surface area contributed by atoms with Gasteiger partial charge in [0.05, 0.1) is 11.3 Å². The smallest absolute Gasteiger partial charge is 0.255 e. The van der Waals surface area contributed by atoms with Crippen LogP contribution in [0.15, 0.2) is 43.1 Å². The number of likely N-dealkylation sites (tertiary alicyclic amines) is 1. The Bertz CT molecular complexity index is 950. The molecule has 3 aromatic rings. The van der Waals surface area contributed by atoms with Crippen molar-refractivity contribution in [1.29, 1.82) is 0 Å². The fraction of sp³-hybridized carbons (Fsp3) is 0.333. The molecule has 6 heteroatoms. The number of hydrogen-bond donors (Lipinski definition) is 1. The molecule has 1 amide bonds. The summed E-state index contributed by atoms with van der Waals surface area (Å²) in [5.41, 5.74) is 5.80. The molecular formula is C21H23N5O. The molecule has 1 saturated heterocycles. The topological polar surface area (TPSA) is 74.8 Å². The molecule has 138 valence electrons. The molecule has 3 aromatic heterocycles. The Morgan fingerprint density at radius 1 is 1.22 bits per heavy atom. The van der Waals surface area contributed by atoms with E-state index in [1.54, 1.807) is 18.7 Å². The van der Waals surface area contributed by atoms with Gasteiger partial charge in [0.1, 0.15) is 6.33 Å². The number of nitrogens with zero attached hydrogens (tertiary/aromatic N) is 4. The highest BCUT2D eigenvalue weighted by Gasteiger charge is 2.29. The fourth-order valence-electron chi connectivity index (χ4n) is 3.92. The molecule has 0 aromatic carbocycles. The number of aryl methyl sites for hydroxylation is 2. The van der Waals surface area contributed by atoms with E-state index in [1.165, 1.54) is 0 Å². The molecule has 0 radical (unpaired) electrons. The van der Waals surface area contributed by atoms with Crippen molar-refractivity contribution in [2.75, 3.05) is 13.1 Å². The minimum atomic E-state index is 0.0982. The Kier molecular flexibility index (Phi) is 4.71. The third-order valence-electron chi connectivity index (χ3n) is 5.21. The van der Waals surface area contributed by atoms with E-state index >= 15 is 0 Å². The van der Waals surface area contributed by atoms with E-state index in [9.17, 15) is 4.79 Å². The van der Waals surface area contributed by atoms with Crippen LogP contribution in [0.5, 0.6) is 0 Å². The van der Waals surface area contributed by atoms with Crippen LogP contribution in [0.25, 0.3) is 11.1 Å². The maximum Gasteiger partial charge on any atom is 0.255 e. The van der Waals surface area contributed by atoms with Crippen LogP contribution in [0.3, 0.4) is 0 Å². The molecule has 0 bridgehead atoms. The van der Waals surface area contributed by atoms with Crippen molar-refractivity contribution in [3.8, 4) is 11.1 Å². The Hall–Kier alpha value is -3.02. The van der Waals surface area contributed by atoms with Crippen molar-refractivity contribution >= 4 is 5.91 Å². The van der Waals surface area contributed by atoms with Gasteiger partial charge in [-0.2, -0.15) is 0 Å². The number of aromatic nitrogens is 4. The number of hydrogen-bond acceptors (Lipinski definition) is 4. The highest BCUT2D eigenvalue weighted by atomic mass is 16.2. The van der Waals surface area contributed by atoms with Gasteiger partial charge in [-0.3, -0.25) is 9.78 Å². The van der Waals surface area contributed by atoms with Crippen LogP contribution < -0.4 is 0 Å². The van der Waals surface area contributed by atoms with Crippen molar-refractivity contribution in [2.45, 2.75) is 32.6 Å². The number of carbonyl (C=O) groups excluding carboxylic acids is 1. The lowest BCUT2D eigenvalue weighted by molar-refractivity contribution is 0.0705. The standard InChI is InChI=1S/C21H23N5O/c1-14-10-18(15(2)25-14)21(27)26-9-3-4-17(12-26)20-19(11-23-13-24-20)16-5-7-22-8-6-16/h5-8,10-11,13,17,25H,3-4,9,12H2,1-2H3. The zero-order valence-corrected chi connectivity index (χ0v) is 15.6. The molecule has 0 saturated carbocycles. The molecule has 27 heavy (non-hydrogen) atoms. The van der Waals surface area contributed by atoms with Gasteiger partial charge in [-0.05, 0) is 50.5 Å². The predicted octanol–water partition coefficient (Wildman–Crippen LogP) is 3.50. The van der Waals surface area contributed by atoms with E-state index in [2.05, 4.69) is 19.9 Å². The molecule has 0 aliphatic carbocycles. The highest BCUT2D eigenvalue weighted by molar-refractivity contribution is 5.95. The molecule has 1 N–H and O–H groups in total. The van der Waals surface area contributed by atoms with E-state index < -0.39 is 0 Å². The summed E-state index contributed by atoms with van der Waals surface area (Å²) in [6.07, 6.45) is 9.00. The normalized spacial score (nSPS) is 17.1.